The molecule has 118 valence electrons. The van der Waals surface area contributed by atoms with E-state index in [0.717, 1.165) is 32.0 Å². The smallest absolute Gasteiger partial charge is 0.129 e. The third-order valence-corrected chi connectivity index (χ3v) is 3.35. The first kappa shape index (κ1) is 21.3. The number of nitrogens with one attached hydrogen (secondary N) is 1. The monoisotopic (exact) mass is 283 g/mol. The molecule has 3 heteroatoms. The van der Waals surface area contributed by atoms with E-state index in [4.69, 9.17) is 5.41 Å². The van der Waals surface area contributed by atoms with Crippen molar-refractivity contribution < 1.29 is 9.59 Å². The van der Waals surface area contributed by atoms with Gasteiger partial charge in [-0.25, -0.2) is 0 Å². The van der Waals surface area contributed by atoms with Crippen LogP contribution in [-0.2, 0) is 9.59 Å². The Morgan fingerprint density at radius 2 is 1.15 bits per heavy atom. The van der Waals surface area contributed by atoms with Crippen molar-refractivity contribution >= 4 is 18.8 Å². The van der Waals surface area contributed by atoms with Gasteiger partial charge >= 0.3 is 0 Å². The maximum Gasteiger partial charge on any atom is 0.129 e. The molecule has 0 unspecified atom stereocenters. The van der Waals surface area contributed by atoms with E-state index < -0.39 is 0 Å². The SMILES string of the molecule is C=N.CC(=O)CCCCCCCCCCCCCC=O. The van der Waals surface area contributed by atoms with Crippen molar-refractivity contribution in [3.8, 4) is 0 Å². The maximum absolute atomic E-state index is 10.7. The average Bonchev–Trinajstić information content (AvgIpc) is 2.46. The van der Waals surface area contributed by atoms with Gasteiger partial charge in [0.15, 0.2) is 0 Å². The Hall–Kier alpha value is -0.990. The summed E-state index contributed by atoms with van der Waals surface area (Å²) in [7, 11) is 0. The standard InChI is InChI=1S/C16H30O2.CH3N/c1-16(18)14-12-10-8-6-4-2-3-5-7-9-11-13-15-17;1-2/h15H,2-14H2,1H3;2H,1H2. The molecule has 3 nitrogen and oxygen atoms in total. The van der Waals surface area contributed by atoms with Crippen molar-refractivity contribution in [1.82, 2.24) is 0 Å². The molecule has 1 N–H and O–H groups in total. The molecule has 0 heterocycles. The lowest BCUT2D eigenvalue weighted by atomic mass is 10.0. The average molecular weight is 283 g/mol. The highest BCUT2D eigenvalue weighted by molar-refractivity contribution is 5.75. The number of hydrogen-bond donors (Lipinski definition) is 1. The summed E-state index contributed by atoms with van der Waals surface area (Å²) in [4.78, 5) is 20.8. The van der Waals surface area contributed by atoms with Gasteiger partial charge in [-0.05, 0) is 26.5 Å². The normalized spacial score (nSPS) is 9.65. The molecule has 0 saturated heterocycles. The fourth-order valence-corrected chi connectivity index (χ4v) is 2.19. The van der Waals surface area contributed by atoms with Gasteiger partial charge < -0.3 is 15.0 Å². The second-order valence-corrected chi connectivity index (χ2v) is 5.30. The first-order valence-electron chi connectivity index (χ1n) is 8.06. The summed E-state index contributed by atoms with van der Waals surface area (Å²) in [5.74, 6) is 0.324. The van der Waals surface area contributed by atoms with Crippen molar-refractivity contribution in [1.29, 1.82) is 5.41 Å². The molecule has 0 aliphatic carbocycles. The lowest BCUT2D eigenvalue weighted by Gasteiger charge is -2.02. The molecule has 0 fully saturated rings. The highest BCUT2D eigenvalue weighted by atomic mass is 16.1. The van der Waals surface area contributed by atoms with E-state index in [1.54, 1.807) is 6.92 Å². The van der Waals surface area contributed by atoms with Crippen LogP contribution in [-0.4, -0.2) is 18.8 Å². The molecular weight excluding hydrogens is 250 g/mol. The first-order valence-corrected chi connectivity index (χ1v) is 8.06. The van der Waals surface area contributed by atoms with Gasteiger partial charge in [0, 0.05) is 12.8 Å². The number of ketones is 1. The molecule has 0 rings (SSSR count). The van der Waals surface area contributed by atoms with E-state index in [2.05, 4.69) is 6.72 Å². The fraction of sp³-hybridized carbons (Fsp3) is 0.824. The van der Waals surface area contributed by atoms with Crippen molar-refractivity contribution in [2.75, 3.05) is 0 Å². The van der Waals surface area contributed by atoms with Crippen LogP contribution >= 0.6 is 0 Å². The van der Waals surface area contributed by atoms with Crippen LogP contribution in [0.1, 0.15) is 90.4 Å². The number of carbonyl (C=O) groups is 2. The maximum atomic E-state index is 10.7. The van der Waals surface area contributed by atoms with Gasteiger partial charge in [-0.1, -0.05) is 57.8 Å². The van der Waals surface area contributed by atoms with Gasteiger partial charge in [-0.15, -0.1) is 0 Å². The van der Waals surface area contributed by atoms with Crippen LogP contribution < -0.4 is 0 Å². The van der Waals surface area contributed by atoms with Crippen molar-refractivity contribution in [3.63, 3.8) is 0 Å². The molecule has 0 aliphatic rings. The molecule has 0 aliphatic heterocycles. The zero-order valence-electron chi connectivity index (χ0n) is 13.3. The molecule has 0 atom stereocenters. The van der Waals surface area contributed by atoms with Crippen LogP contribution in [0, 0.1) is 5.41 Å². The highest BCUT2D eigenvalue weighted by Gasteiger charge is 1.95. The number of unbranched alkanes of at least 4 members (excludes halogenated alkanes) is 11. The Bertz CT molecular complexity index is 217. The number of aldehydes is 1. The van der Waals surface area contributed by atoms with Gasteiger partial charge in [0.1, 0.15) is 12.1 Å². The zero-order chi connectivity index (χ0) is 15.5. The van der Waals surface area contributed by atoms with Gasteiger partial charge in [0.2, 0.25) is 0 Å². The summed E-state index contributed by atoms with van der Waals surface area (Å²) in [6.07, 6.45) is 16.3. The van der Waals surface area contributed by atoms with Crippen LogP contribution in [0.5, 0.6) is 0 Å². The zero-order valence-corrected chi connectivity index (χ0v) is 13.3. The number of carbonyl (C=O) groups excluding carboxylic acids is 2. The molecule has 0 aromatic rings. The van der Waals surface area contributed by atoms with Gasteiger partial charge in [-0.2, -0.15) is 0 Å². The van der Waals surface area contributed by atoms with E-state index in [1.807, 2.05) is 0 Å². The summed E-state index contributed by atoms with van der Waals surface area (Å²) in [6.45, 7) is 4.18. The lowest BCUT2D eigenvalue weighted by molar-refractivity contribution is -0.117. The van der Waals surface area contributed by atoms with E-state index in [1.165, 1.54) is 57.8 Å². The lowest BCUT2D eigenvalue weighted by Crippen LogP contribution is -1.89. The molecule has 20 heavy (non-hydrogen) atoms. The van der Waals surface area contributed by atoms with Crippen LogP contribution in [0.3, 0.4) is 0 Å². The second-order valence-electron chi connectivity index (χ2n) is 5.30. The Kier molecular flexibility index (Phi) is 21.7. The summed E-state index contributed by atoms with van der Waals surface area (Å²) >= 11 is 0. The largest absolute Gasteiger partial charge is 0.317 e. The summed E-state index contributed by atoms with van der Waals surface area (Å²) in [5, 5.41) is 5.50. The number of rotatable bonds is 14. The third-order valence-electron chi connectivity index (χ3n) is 3.35. The topological polar surface area (TPSA) is 58.0 Å². The molecule has 0 amide bonds. The van der Waals surface area contributed by atoms with Crippen LogP contribution in [0.25, 0.3) is 0 Å². The Morgan fingerprint density at radius 1 is 0.800 bits per heavy atom. The Morgan fingerprint density at radius 3 is 1.50 bits per heavy atom. The van der Waals surface area contributed by atoms with Crippen molar-refractivity contribution in [2.24, 2.45) is 0 Å². The van der Waals surface area contributed by atoms with E-state index in [0.29, 0.717) is 5.78 Å². The highest BCUT2D eigenvalue weighted by Crippen LogP contribution is 2.12. The molecule has 0 saturated carbocycles. The number of hydrogen-bond acceptors (Lipinski definition) is 3. The second kappa shape index (κ2) is 20.3. The third kappa shape index (κ3) is 22.2. The number of Topliss-reactive ketones (excluding diaryl/α,β-unsaturated/α-hetero) is 1. The molecule has 0 radical (unpaired) electrons. The van der Waals surface area contributed by atoms with Crippen LogP contribution in [0.2, 0.25) is 0 Å². The molecule has 0 aromatic carbocycles. The van der Waals surface area contributed by atoms with Gasteiger partial charge in [0.25, 0.3) is 0 Å². The summed E-state index contributed by atoms with van der Waals surface area (Å²) in [6, 6.07) is 0. The first-order chi connectivity index (χ1) is 9.77. The molecule has 0 aromatic heterocycles. The molecule has 0 bridgehead atoms. The van der Waals surface area contributed by atoms with Gasteiger partial charge in [0.05, 0.1) is 0 Å². The van der Waals surface area contributed by atoms with Crippen LogP contribution in [0.4, 0.5) is 0 Å². The van der Waals surface area contributed by atoms with Crippen LogP contribution in [0.15, 0.2) is 0 Å². The predicted molar refractivity (Wildman–Crippen MR) is 86.6 cm³/mol. The fourth-order valence-electron chi connectivity index (χ4n) is 2.19. The predicted octanol–water partition coefficient (Wildman–Crippen LogP) is 5.11. The quantitative estimate of drug-likeness (QED) is 0.273. The molecular formula is C17H33NO2. The van der Waals surface area contributed by atoms with Crippen molar-refractivity contribution in [3.05, 3.63) is 0 Å². The molecule has 0 spiro atoms. The minimum Gasteiger partial charge on any atom is -0.317 e. The minimum absolute atomic E-state index is 0.324. The van der Waals surface area contributed by atoms with E-state index in [-0.39, 0.29) is 0 Å². The summed E-state index contributed by atoms with van der Waals surface area (Å²) < 4.78 is 0. The van der Waals surface area contributed by atoms with E-state index >= 15 is 0 Å². The minimum atomic E-state index is 0.324. The van der Waals surface area contributed by atoms with Crippen molar-refractivity contribution in [2.45, 2.75) is 90.4 Å². The van der Waals surface area contributed by atoms with Gasteiger partial charge in [-0.3, -0.25) is 0 Å². The Labute approximate surface area is 125 Å². The summed E-state index contributed by atoms with van der Waals surface area (Å²) in [5.41, 5.74) is 0. The Balaban J connectivity index is 0. The van der Waals surface area contributed by atoms with E-state index in [9.17, 15) is 9.59 Å².